The number of hydrogen-bond acceptors (Lipinski definition) is 4. The highest BCUT2D eigenvalue weighted by Gasteiger charge is 2.25. The predicted molar refractivity (Wildman–Crippen MR) is 99.8 cm³/mol. The predicted octanol–water partition coefficient (Wildman–Crippen LogP) is 3.75. The van der Waals surface area contributed by atoms with Crippen LogP contribution in [0, 0.1) is 0 Å². The Morgan fingerprint density at radius 2 is 1.72 bits per heavy atom. The second-order valence-electron chi connectivity index (χ2n) is 8.13. The molecule has 0 bridgehead atoms. The van der Waals surface area contributed by atoms with E-state index in [-0.39, 0.29) is 12.1 Å². The first-order chi connectivity index (χ1) is 11.7. The molecule has 1 aromatic rings. The molecule has 1 aromatic carbocycles. The number of carbonyl (C=O) groups is 1. The summed E-state index contributed by atoms with van der Waals surface area (Å²) in [7, 11) is 0. The summed E-state index contributed by atoms with van der Waals surface area (Å²) in [4.78, 5) is 11.8. The van der Waals surface area contributed by atoms with E-state index in [1.807, 2.05) is 32.9 Å². The van der Waals surface area contributed by atoms with E-state index >= 15 is 0 Å². The number of rotatable bonds is 5. The van der Waals surface area contributed by atoms with Gasteiger partial charge in [-0.25, -0.2) is 4.79 Å². The van der Waals surface area contributed by atoms with Crippen LogP contribution in [-0.2, 0) is 11.2 Å². The van der Waals surface area contributed by atoms with Crippen molar-refractivity contribution in [3.05, 3.63) is 29.8 Å². The zero-order chi connectivity index (χ0) is 18.4. The normalized spacial score (nSPS) is 22.2. The minimum absolute atomic E-state index is 0.209. The van der Waals surface area contributed by atoms with Crippen LogP contribution in [0.3, 0.4) is 0 Å². The number of phenolic OH excluding ortho intramolecular Hbond substituents is 1. The summed E-state index contributed by atoms with van der Waals surface area (Å²) in [6, 6.07) is 8.48. The van der Waals surface area contributed by atoms with Crippen molar-refractivity contribution in [2.45, 2.75) is 83.5 Å². The van der Waals surface area contributed by atoms with Crippen LogP contribution in [0.4, 0.5) is 4.79 Å². The first-order valence-corrected chi connectivity index (χ1v) is 9.25. The van der Waals surface area contributed by atoms with E-state index in [0.29, 0.717) is 17.8 Å². The molecule has 1 unspecified atom stereocenters. The van der Waals surface area contributed by atoms with Crippen molar-refractivity contribution in [1.29, 1.82) is 0 Å². The van der Waals surface area contributed by atoms with Crippen molar-refractivity contribution < 1.29 is 14.6 Å². The summed E-state index contributed by atoms with van der Waals surface area (Å²) < 4.78 is 5.32. The first kappa shape index (κ1) is 19.6. The maximum absolute atomic E-state index is 11.8. The van der Waals surface area contributed by atoms with Gasteiger partial charge in [0.25, 0.3) is 0 Å². The molecule has 1 saturated carbocycles. The van der Waals surface area contributed by atoms with Gasteiger partial charge in [0.1, 0.15) is 11.4 Å². The van der Waals surface area contributed by atoms with Crippen molar-refractivity contribution in [3.63, 3.8) is 0 Å². The monoisotopic (exact) mass is 348 g/mol. The number of carbonyl (C=O) groups excluding carboxylic acids is 1. The van der Waals surface area contributed by atoms with Gasteiger partial charge in [-0.3, -0.25) is 0 Å². The molecule has 5 heteroatoms. The fraction of sp³-hybridized carbons (Fsp3) is 0.650. The fourth-order valence-electron chi connectivity index (χ4n) is 3.33. The van der Waals surface area contributed by atoms with E-state index < -0.39 is 5.60 Å². The Kier molecular flexibility index (Phi) is 6.71. The smallest absolute Gasteiger partial charge is 0.407 e. The Hall–Kier alpha value is -1.75. The van der Waals surface area contributed by atoms with Gasteiger partial charge in [-0.1, -0.05) is 12.1 Å². The van der Waals surface area contributed by atoms with Crippen molar-refractivity contribution in [2.24, 2.45) is 0 Å². The Morgan fingerprint density at radius 1 is 1.16 bits per heavy atom. The summed E-state index contributed by atoms with van der Waals surface area (Å²) in [5.74, 6) is 0.306. The highest BCUT2D eigenvalue weighted by atomic mass is 16.6. The molecule has 2 rings (SSSR count). The Labute approximate surface area is 151 Å². The maximum Gasteiger partial charge on any atom is 0.407 e. The molecule has 0 radical (unpaired) electrons. The summed E-state index contributed by atoms with van der Waals surface area (Å²) in [6.45, 7) is 7.83. The minimum atomic E-state index is -0.452. The Morgan fingerprint density at radius 3 is 2.28 bits per heavy atom. The lowest BCUT2D eigenvalue weighted by Crippen LogP contribution is -2.46. The van der Waals surface area contributed by atoms with Crippen LogP contribution in [0.5, 0.6) is 5.75 Å². The van der Waals surface area contributed by atoms with E-state index in [0.717, 1.165) is 32.1 Å². The number of hydrogen-bond donors (Lipinski definition) is 3. The molecule has 140 valence electrons. The standard InChI is InChI=1S/C20H32N2O3/c1-14(13-15-5-11-18(23)12-6-15)21-16-7-9-17(10-8-16)22-19(24)25-20(2,3)4/h5-6,11-12,14,16-17,21,23H,7-10,13H2,1-4H3,(H,22,24). The topological polar surface area (TPSA) is 70.6 Å². The van der Waals surface area contributed by atoms with Gasteiger partial charge in [0.2, 0.25) is 0 Å². The first-order valence-electron chi connectivity index (χ1n) is 9.25. The quantitative estimate of drug-likeness (QED) is 0.758. The van der Waals surface area contributed by atoms with Gasteiger partial charge in [0.05, 0.1) is 0 Å². The Balaban J connectivity index is 1.69. The van der Waals surface area contributed by atoms with Crippen LogP contribution in [-0.4, -0.2) is 34.9 Å². The number of benzene rings is 1. The van der Waals surface area contributed by atoms with E-state index in [4.69, 9.17) is 4.74 Å². The zero-order valence-corrected chi connectivity index (χ0v) is 15.8. The molecule has 0 aromatic heterocycles. The highest BCUT2D eigenvalue weighted by molar-refractivity contribution is 5.68. The maximum atomic E-state index is 11.8. The number of amides is 1. The number of phenols is 1. The lowest BCUT2D eigenvalue weighted by Gasteiger charge is -2.32. The SMILES string of the molecule is CC(Cc1ccc(O)cc1)NC1CCC(NC(=O)OC(C)(C)C)CC1. The number of nitrogens with one attached hydrogen (secondary N) is 2. The molecule has 0 heterocycles. The van der Waals surface area contributed by atoms with E-state index in [9.17, 15) is 9.90 Å². The lowest BCUT2D eigenvalue weighted by atomic mass is 9.90. The third-order valence-corrected chi connectivity index (χ3v) is 4.45. The summed E-state index contributed by atoms with van der Waals surface area (Å²) >= 11 is 0. The number of ether oxygens (including phenoxy) is 1. The molecule has 25 heavy (non-hydrogen) atoms. The third kappa shape index (κ3) is 7.34. The van der Waals surface area contributed by atoms with Crippen LogP contribution in [0.2, 0.25) is 0 Å². The molecule has 1 fully saturated rings. The van der Waals surface area contributed by atoms with E-state index in [2.05, 4.69) is 17.6 Å². The lowest BCUT2D eigenvalue weighted by molar-refractivity contribution is 0.0489. The molecule has 0 aliphatic heterocycles. The van der Waals surface area contributed by atoms with Gasteiger partial charge in [-0.2, -0.15) is 0 Å². The molecule has 1 atom stereocenters. The van der Waals surface area contributed by atoms with Crippen LogP contribution in [0.1, 0.15) is 58.9 Å². The second-order valence-corrected chi connectivity index (χ2v) is 8.13. The molecule has 5 nitrogen and oxygen atoms in total. The van der Waals surface area contributed by atoms with Gasteiger partial charge in [0, 0.05) is 18.1 Å². The minimum Gasteiger partial charge on any atom is -0.508 e. The summed E-state index contributed by atoms with van der Waals surface area (Å²) in [5.41, 5.74) is 0.769. The van der Waals surface area contributed by atoms with Crippen molar-refractivity contribution in [1.82, 2.24) is 10.6 Å². The van der Waals surface area contributed by atoms with Gasteiger partial charge in [0.15, 0.2) is 0 Å². The molecule has 1 aliphatic carbocycles. The summed E-state index contributed by atoms with van der Waals surface area (Å²) in [6.07, 6.45) is 4.69. The van der Waals surface area contributed by atoms with Gasteiger partial charge >= 0.3 is 6.09 Å². The molecular weight excluding hydrogens is 316 g/mol. The third-order valence-electron chi connectivity index (χ3n) is 4.45. The fourth-order valence-corrected chi connectivity index (χ4v) is 3.33. The average molecular weight is 348 g/mol. The zero-order valence-electron chi connectivity index (χ0n) is 15.8. The van der Waals surface area contributed by atoms with Crippen LogP contribution >= 0.6 is 0 Å². The molecule has 1 amide bonds. The molecular formula is C20H32N2O3. The molecule has 0 spiro atoms. The van der Waals surface area contributed by atoms with Crippen molar-refractivity contribution in [3.8, 4) is 5.75 Å². The van der Waals surface area contributed by atoms with Crippen LogP contribution in [0.25, 0.3) is 0 Å². The largest absolute Gasteiger partial charge is 0.508 e. The summed E-state index contributed by atoms with van der Waals surface area (Å²) in [5, 5.41) is 16.0. The molecule has 1 aliphatic rings. The van der Waals surface area contributed by atoms with E-state index in [1.165, 1.54) is 5.56 Å². The molecule has 0 saturated heterocycles. The highest BCUT2D eigenvalue weighted by Crippen LogP contribution is 2.20. The average Bonchev–Trinajstić information content (AvgIpc) is 2.49. The van der Waals surface area contributed by atoms with Gasteiger partial charge in [-0.05, 0) is 77.5 Å². The van der Waals surface area contributed by atoms with Crippen molar-refractivity contribution in [2.75, 3.05) is 0 Å². The second kappa shape index (κ2) is 8.56. The van der Waals surface area contributed by atoms with E-state index in [1.54, 1.807) is 12.1 Å². The number of alkyl carbamates (subject to hydrolysis) is 1. The Bertz CT molecular complexity index is 543. The van der Waals surface area contributed by atoms with Gasteiger partial charge in [-0.15, -0.1) is 0 Å². The van der Waals surface area contributed by atoms with Gasteiger partial charge < -0.3 is 20.5 Å². The van der Waals surface area contributed by atoms with Crippen molar-refractivity contribution >= 4 is 6.09 Å². The van der Waals surface area contributed by atoms with Crippen LogP contribution in [0.15, 0.2) is 24.3 Å². The van der Waals surface area contributed by atoms with Crippen LogP contribution < -0.4 is 10.6 Å². The molecule has 3 N–H and O–H groups in total. The number of aromatic hydroxyl groups is 1.